The Morgan fingerprint density at radius 2 is 1.61 bits per heavy atom. The number of rotatable bonds is 3. The molecule has 5 heteroatoms. The van der Waals surface area contributed by atoms with Crippen molar-refractivity contribution in [2.75, 3.05) is 6.26 Å². The van der Waals surface area contributed by atoms with Crippen LogP contribution in [-0.4, -0.2) is 26.0 Å². The van der Waals surface area contributed by atoms with E-state index in [9.17, 15) is 0 Å². The number of para-hydroxylation sites is 1. The minimum atomic E-state index is 0.745. The summed E-state index contributed by atoms with van der Waals surface area (Å²) in [6, 6.07) is 20.2. The SMILES string of the molecule is CSc1ncc2c(-c3ccccc3)nn(-c3ccccc3)c2n1. The lowest BCUT2D eigenvalue weighted by Gasteiger charge is -2.02. The van der Waals surface area contributed by atoms with Crippen molar-refractivity contribution >= 4 is 22.8 Å². The molecule has 0 atom stereocenters. The average molecular weight is 318 g/mol. The molecule has 0 saturated carbocycles. The van der Waals surface area contributed by atoms with Crippen molar-refractivity contribution in [3.05, 3.63) is 66.9 Å². The second kappa shape index (κ2) is 5.85. The average Bonchev–Trinajstić information content (AvgIpc) is 3.02. The molecule has 0 aliphatic rings. The highest BCUT2D eigenvalue weighted by atomic mass is 32.2. The summed E-state index contributed by atoms with van der Waals surface area (Å²) in [5.41, 5.74) is 3.78. The fourth-order valence-electron chi connectivity index (χ4n) is 2.54. The third-order valence-corrected chi connectivity index (χ3v) is 4.19. The van der Waals surface area contributed by atoms with E-state index in [1.165, 1.54) is 11.8 Å². The van der Waals surface area contributed by atoms with Gasteiger partial charge in [0.2, 0.25) is 0 Å². The molecular formula is C18H14N4S. The molecule has 2 aromatic carbocycles. The molecule has 4 rings (SSSR count). The van der Waals surface area contributed by atoms with Crippen molar-refractivity contribution < 1.29 is 0 Å². The van der Waals surface area contributed by atoms with Gasteiger partial charge in [0.05, 0.1) is 11.1 Å². The molecule has 0 N–H and O–H groups in total. The zero-order valence-electron chi connectivity index (χ0n) is 12.5. The van der Waals surface area contributed by atoms with Gasteiger partial charge in [-0.15, -0.1) is 0 Å². The molecule has 2 aromatic heterocycles. The fraction of sp³-hybridized carbons (Fsp3) is 0.0556. The van der Waals surface area contributed by atoms with Crippen LogP contribution in [0.3, 0.4) is 0 Å². The lowest BCUT2D eigenvalue weighted by Crippen LogP contribution is -1.98. The summed E-state index contributed by atoms with van der Waals surface area (Å²) in [5, 5.41) is 6.51. The Balaban J connectivity index is 2.02. The normalized spacial score (nSPS) is 11.0. The molecule has 2 heterocycles. The molecule has 0 spiro atoms. The highest BCUT2D eigenvalue weighted by Crippen LogP contribution is 2.29. The molecule has 0 fully saturated rings. The van der Waals surface area contributed by atoms with Crippen molar-refractivity contribution in [2.24, 2.45) is 0 Å². The molecule has 0 saturated heterocycles. The molecule has 0 unspecified atom stereocenters. The summed E-state index contributed by atoms with van der Waals surface area (Å²) in [7, 11) is 0. The van der Waals surface area contributed by atoms with Crippen molar-refractivity contribution in [1.29, 1.82) is 0 Å². The minimum Gasteiger partial charge on any atom is -0.230 e. The summed E-state index contributed by atoms with van der Waals surface area (Å²) in [6.45, 7) is 0. The zero-order chi connectivity index (χ0) is 15.6. The number of benzene rings is 2. The van der Waals surface area contributed by atoms with Crippen LogP contribution >= 0.6 is 11.8 Å². The van der Waals surface area contributed by atoms with Gasteiger partial charge in [-0.25, -0.2) is 14.6 Å². The van der Waals surface area contributed by atoms with Crippen molar-refractivity contribution in [1.82, 2.24) is 19.7 Å². The smallest absolute Gasteiger partial charge is 0.189 e. The Morgan fingerprint density at radius 1 is 0.913 bits per heavy atom. The quantitative estimate of drug-likeness (QED) is 0.419. The largest absolute Gasteiger partial charge is 0.230 e. The van der Waals surface area contributed by atoms with E-state index in [1.807, 2.05) is 65.7 Å². The van der Waals surface area contributed by atoms with Crippen LogP contribution in [0, 0.1) is 0 Å². The predicted molar refractivity (Wildman–Crippen MR) is 93.9 cm³/mol. The van der Waals surface area contributed by atoms with Gasteiger partial charge in [0.25, 0.3) is 0 Å². The number of hydrogen-bond acceptors (Lipinski definition) is 4. The zero-order valence-corrected chi connectivity index (χ0v) is 13.4. The van der Waals surface area contributed by atoms with Gasteiger partial charge in [0.15, 0.2) is 10.8 Å². The van der Waals surface area contributed by atoms with Gasteiger partial charge in [-0.2, -0.15) is 5.10 Å². The first-order valence-corrected chi connectivity index (χ1v) is 8.50. The lowest BCUT2D eigenvalue weighted by molar-refractivity contribution is 0.880. The van der Waals surface area contributed by atoms with Crippen LogP contribution in [0.15, 0.2) is 72.0 Å². The third-order valence-electron chi connectivity index (χ3n) is 3.63. The molecule has 0 radical (unpaired) electrons. The number of fused-ring (bicyclic) bond motifs is 1. The highest BCUT2D eigenvalue weighted by molar-refractivity contribution is 7.98. The monoisotopic (exact) mass is 318 g/mol. The van der Waals surface area contributed by atoms with Gasteiger partial charge in [-0.3, -0.25) is 0 Å². The van der Waals surface area contributed by atoms with E-state index in [0.717, 1.165) is 33.1 Å². The Bertz CT molecular complexity index is 949. The van der Waals surface area contributed by atoms with Crippen LogP contribution < -0.4 is 0 Å². The molecular weight excluding hydrogens is 304 g/mol. The maximum absolute atomic E-state index is 4.81. The Labute approximate surface area is 138 Å². The lowest BCUT2D eigenvalue weighted by atomic mass is 10.1. The van der Waals surface area contributed by atoms with E-state index in [1.54, 1.807) is 0 Å². The summed E-state index contributed by atoms with van der Waals surface area (Å²) in [4.78, 5) is 9.09. The molecule has 112 valence electrons. The van der Waals surface area contributed by atoms with E-state index in [4.69, 9.17) is 5.10 Å². The maximum Gasteiger partial charge on any atom is 0.189 e. The molecule has 23 heavy (non-hydrogen) atoms. The first kappa shape index (κ1) is 14.0. The third kappa shape index (κ3) is 2.49. The predicted octanol–water partition coefficient (Wildman–Crippen LogP) is 4.20. The van der Waals surface area contributed by atoms with E-state index in [-0.39, 0.29) is 0 Å². The van der Waals surface area contributed by atoms with Crippen molar-refractivity contribution in [3.63, 3.8) is 0 Å². The molecule has 0 aliphatic carbocycles. The van der Waals surface area contributed by atoms with E-state index >= 15 is 0 Å². The standard InChI is InChI=1S/C18H14N4S/c1-23-18-19-12-15-16(13-8-4-2-5-9-13)21-22(17(15)20-18)14-10-6-3-7-11-14/h2-12H,1H3. The summed E-state index contributed by atoms with van der Waals surface area (Å²) < 4.78 is 1.89. The van der Waals surface area contributed by atoms with Gasteiger partial charge in [0, 0.05) is 11.8 Å². The second-order valence-electron chi connectivity index (χ2n) is 5.06. The number of nitrogens with zero attached hydrogens (tertiary/aromatic N) is 4. The Hall–Kier alpha value is -2.66. The van der Waals surface area contributed by atoms with Gasteiger partial charge >= 0.3 is 0 Å². The van der Waals surface area contributed by atoms with Crippen LogP contribution in [-0.2, 0) is 0 Å². The van der Waals surface area contributed by atoms with Crippen LogP contribution in [0.25, 0.3) is 28.0 Å². The first-order chi connectivity index (χ1) is 11.4. The van der Waals surface area contributed by atoms with Crippen LogP contribution in [0.2, 0.25) is 0 Å². The Kier molecular flexibility index (Phi) is 3.55. The van der Waals surface area contributed by atoms with Crippen LogP contribution in [0.1, 0.15) is 0 Å². The van der Waals surface area contributed by atoms with Crippen LogP contribution in [0.5, 0.6) is 0 Å². The van der Waals surface area contributed by atoms with Crippen molar-refractivity contribution in [3.8, 4) is 16.9 Å². The summed E-state index contributed by atoms with van der Waals surface area (Å²) >= 11 is 1.53. The molecule has 0 aliphatic heterocycles. The first-order valence-electron chi connectivity index (χ1n) is 7.27. The topological polar surface area (TPSA) is 43.6 Å². The number of thioether (sulfide) groups is 1. The fourth-order valence-corrected chi connectivity index (χ4v) is 2.88. The van der Waals surface area contributed by atoms with E-state index in [2.05, 4.69) is 22.1 Å². The Morgan fingerprint density at radius 3 is 2.30 bits per heavy atom. The van der Waals surface area contributed by atoms with E-state index in [0.29, 0.717) is 0 Å². The van der Waals surface area contributed by atoms with Gasteiger partial charge in [-0.05, 0) is 18.4 Å². The van der Waals surface area contributed by atoms with Gasteiger partial charge < -0.3 is 0 Å². The summed E-state index contributed by atoms with van der Waals surface area (Å²) in [6.07, 6.45) is 3.84. The molecule has 4 aromatic rings. The summed E-state index contributed by atoms with van der Waals surface area (Å²) in [5.74, 6) is 0. The minimum absolute atomic E-state index is 0.745. The highest BCUT2D eigenvalue weighted by Gasteiger charge is 2.15. The van der Waals surface area contributed by atoms with Crippen LogP contribution in [0.4, 0.5) is 0 Å². The molecule has 0 amide bonds. The van der Waals surface area contributed by atoms with E-state index < -0.39 is 0 Å². The van der Waals surface area contributed by atoms with Gasteiger partial charge in [-0.1, -0.05) is 60.3 Å². The van der Waals surface area contributed by atoms with Crippen molar-refractivity contribution in [2.45, 2.75) is 5.16 Å². The number of aromatic nitrogens is 4. The van der Waals surface area contributed by atoms with Gasteiger partial charge in [0.1, 0.15) is 5.69 Å². The maximum atomic E-state index is 4.81. The molecule has 0 bridgehead atoms. The number of hydrogen-bond donors (Lipinski definition) is 0. The second-order valence-corrected chi connectivity index (χ2v) is 5.83. The molecule has 4 nitrogen and oxygen atoms in total.